The van der Waals surface area contributed by atoms with Crippen LogP contribution in [0.15, 0.2) is 36.2 Å². The van der Waals surface area contributed by atoms with Crippen molar-refractivity contribution < 1.29 is 13.5 Å². The molecule has 6 nitrogen and oxygen atoms in total. The molecule has 0 spiro atoms. The molecule has 3 aromatic rings. The second-order valence-electron chi connectivity index (χ2n) is 9.23. The Hall–Kier alpha value is -3.29. The summed E-state index contributed by atoms with van der Waals surface area (Å²) in [6, 6.07) is 6.62. The largest absolute Gasteiger partial charge is 0.435 e. The highest BCUT2D eigenvalue weighted by atomic mass is 19.3. The van der Waals surface area contributed by atoms with Crippen LogP contribution in [0.2, 0.25) is 0 Å². The van der Waals surface area contributed by atoms with Gasteiger partial charge in [-0.15, -0.1) is 0 Å². The molecule has 0 unspecified atom stereocenters. The molecule has 0 atom stereocenters. The van der Waals surface area contributed by atoms with Crippen molar-refractivity contribution in [2.45, 2.75) is 52.1 Å². The minimum Gasteiger partial charge on any atom is -0.435 e. The van der Waals surface area contributed by atoms with Crippen LogP contribution in [-0.4, -0.2) is 39.6 Å². The van der Waals surface area contributed by atoms with Gasteiger partial charge in [-0.25, -0.2) is 15.0 Å². The summed E-state index contributed by atoms with van der Waals surface area (Å²) >= 11 is 0. The van der Waals surface area contributed by atoms with E-state index in [1.165, 1.54) is 5.57 Å². The number of rotatable bonds is 5. The van der Waals surface area contributed by atoms with Gasteiger partial charge in [0.15, 0.2) is 0 Å². The lowest BCUT2D eigenvalue weighted by atomic mass is 9.79. The van der Waals surface area contributed by atoms with Gasteiger partial charge >= 0.3 is 6.61 Å². The lowest BCUT2D eigenvalue weighted by Crippen LogP contribution is -2.42. The topological polar surface area (TPSA) is 66.9 Å². The molecule has 5 rings (SSSR count). The third-order valence-corrected chi connectivity index (χ3v) is 6.76. The van der Waals surface area contributed by atoms with Crippen LogP contribution in [0.5, 0.6) is 5.75 Å². The Balaban J connectivity index is 1.33. The van der Waals surface area contributed by atoms with Gasteiger partial charge in [0, 0.05) is 41.7 Å². The number of aryl methyl sites for hydroxylation is 1. The summed E-state index contributed by atoms with van der Waals surface area (Å²) in [5.74, 6) is 2.13. The number of ether oxygens (including phenoxy) is 1. The van der Waals surface area contributed by atoms with Gasteiger partial charge < -0.3 is 14.6 Å². The first-order chi connectivity index (χ1) is 15.8. The number of imidazole rings is 1. The molecule has 3 heterocycles. The normalized spacial score (nSPS) is 17.3. The first-order valence-electron chi connectivity index (χ1n) is 11.2. The van der Waals surface area contributed by atoms with Crippen LogP contribution in [-0.2, 0) is 11.8 Å². The van der Waals surface area contributed by atoms with Crippen LogP contribution in [0.25, 0.3) is 17.3 Å². The number of nitrogens with zero attached hydrogens (tertiary/aromatic N) is 4. The fourth-order valence-electron chi connectivity index (χ4n) is 4.79. The lowest BCUT2D eigenvalue weighted by molar-refractivity contribution is -0.0498. The highest BCUT2D eigenvalue weighted by Gasteiger charge is 2.36. The molecule has 2 aromatic heterocycles. The molecule has 1 saturated heterocycles. The van der Waals surface area contributed by atoms with Crippen LogP contribution >= 0.6 is 0 Å². The van der Waals surface area contributed by atoms with Gasteiger partial charge in [0.25, 0.3) is 0 Å². The third kappa shape index (κ3) is 4.10. The zero-order chi connectivity index (χ0) is 23.2. The molecule has 2 aliphatic rings. The molecule has 1 fully saturated rings. The van der Waals surface area contributed by atoms with Crippen molar-refractivity contribution in [1.29, 1.82) is 0 Å². The van der Waals surface area contributed by atoms with Gasteiger partial charge in [0.05, 0.1) is 11.4 Å². The van der Waals surface area contributed by atoms with Crippen molar-refractivity contribution in [3.63, 3.8) is 0 Å². The van der Waals surface area contributed by atoms with Gasteiger partial charge in [-0.1, -0.05) is 18.6 Å². The summed E-state index contributed by atoms with van der Waals surface area (Å²) in [5.41, 5.74) is 6.19. The summed E-state index contributed by atoms with van der Waals surface area (Å²) in [6.07, 6.45) is 6.68. The lowest BCUT2D eigenvalue weighted by Gasteiger charge is -2.39. The van der Waals surface area contributed by atoms with Gasteiger partial charge in [0.1, 0.15) is 23.7 Å². The average molecular weight is 452 g/mol. The molecule has 0 bridgehead atoms. The van der Waals surface area contributed by atoms with Gasteiger partial charge in [-0.05, 0) is 51.0 Å². The molecular weight excluding hydrogens is 424 g/mol. The minimum atomic E-state index is -2.83. The number of nitrogens with one attached hydrogen (secondary N) is 1. The number of piperidine rings is 1. The number of fused-ring (bicyclic) bond motifs is 1. The number of H-pyrrole nitrogens is 1. The highest BCUT2D eigenvalue weighted by molar-refractivity contribution is 5.72. The predicted octanol–water partition coefficient (Wildman–Crippen LogP) is 5.29. The number of halogens is 2. The molecule has 1 aliphatic carbocycles. The Morgan fingerprint density at radius 2 is 1.82 bits per heavy atom. The Labute approximate surface area is 191 Å². The molecule has 1 N–H and O–H groups in total. The van der Waals surface area contributed by atoms with E-state index in [1.807, 2.05) is 6.92 Å². The maximum Gasteiger partial charge on any atom is 0.387 e. The number of benzene rings is 1. The summed E-state index contributed by atoms with van der Waals surface area (Å²) in [4.78, 5) is 19.8. The minimum absolute atomic E-state index is 0.0831. The maximum atomic E-state index is 12.4. The van der Waals surface area contributed by atoms with Crippen LogP contribution in [0.4, 0.5) is 14.6 Å². The van der Waals surface area contributed by atoms with Gasteiger partial charge in [-0.2, -0.15) is 8.78 Å². The van der Waals surface area contributed by atoms with Crippen molar-refractivity contribution in [1.82, 2.24) is 19.9 Å². The number of anilines is 1. The fourth-order valence-corrected chi connectivity index (χ4v) is 4.79. The number of allylic oxidation sites excluding steroid dienone is 1. The van der Waals surface area contributed by atoms with Crippen LogP contribution in [0.3, 0.4) is 0 Å². The molecule has 33 heavy (non-hydrogen) atoms. The Morgan fingerprint density at radius 1 is 1.09 bits per heavy atom. The quantitative estimate of drug-likeness (QED) is 0.571. The van der Waals surface area contributed by atoms with E-state index in [2.05, 4.69) is 44.5 Å². The van der Waals surface area contributed by atoms with Gasteiger partial charge in [0.2, 0.25) is 0 Å². The zero-order valence-electron chi connectivity index (χ0n) is 19.0. The first kappa shape index (κ1) is 21.6. The van der Waals surface area contributed by atoms with E-state index in [1.54, 1.807) is 30.6 Å². The van der Waals surface area contributed by atoms with E-state index in [-0.39, 0.29) is 11.2 Å². The smallest absolute Gasteiger partial charge is 0.387 e. The number of aromatic amines is 1. The highest BCUT2D eigenvalue weighted by Crippen LogP contribution is 2.38. The van der Waals surface area contributed by atoms with Crippen molar-refractivity contribution in [2.24, 2.45) is 0 Å². The number of alkyl halides is 2. The van der Waals surface area contributed by atoms with Crippen molar-refractivity contribution in [2.75, 3.05) is 18.0 Å². The Bertz CT molecular complexity index is 1190. The Kier molecular flexibility index (Phi) is 5.38. The van der Waals surface area contributed by atoms with Crippen LogP contribution in [0.1, 0.15) is 49.5 Å². The molecule has 172 valence electrons. The van der Waals surface area contributed by atoms with E-state index >= 15 is 0 Å². The molecule has 8 heteroatoms. The third-order valence-electron chi connectivity index (χ3n) is 6.76. The maximum absolute atomic E-state index is 12.4. The molecule has 1 aliphatic heterocycles. The standard InChI is InChI=1S/C25H27F2N5O/c1-15-12-19-20(13-15)28-14-29-22(19)32-10-8-25(3,9-11-32)23-30-16(2)21(31-23)17-4-6-18(7-5-17)33-24(26)27/h4-7,12,14,24H,8-11,13H2,1-3H3,(H,30,31). The average Bonchev–Trinajstić information content (AvgIpc) is 3.37. The Morgan fingerprint density at radius 3 is 2.52 bits per heavy atom. The van der Waals surface area contributed by atoms with E-state index in [9.17, 15) is 8.78 Å². The predicted molar refractivity (Wildman–Crippen MR) is 124 cm³/mol. The first-order valence-corrected chi connectivity index (χ1v) is 11.2. The summed E-state index contributed by atoms with van der Waals surface area (Å²) in [6.45, 7) is 5.33. The summed E-state index contributed by atoms with van der Waals surface area (Å²) in [5, 5.41) is 0. The van der Waals surface area contributed by atoms with Crippen molar-refractivity contribution >= 4 is 11.9 Å². The zero-order valence-corrected chi connectivity index (χ0v) is 19.0. The SMILES string of the molecule is CC1=Cc2c(ncnc2N2CCC(C)(c3nc(-c4ccc(OC(F)F)cc4)c(C)[nH]3)CC2)C1. The summed E-state index contributed by atoms with van der Waals surface area (Å²) < 4.78 is 29.3. The molecule has 0 radical (unpaired) electrons. The van der Waals surface area contributed by atoms with Gasteiger partial charge in [-0.3, -0.25) is 0 Å². The number of aromatic nitrogens is 4. The molecule has 1 aromatic carbocycles. The molecule has 0 saturated carbocycles. The summed E-state index contributed by atoms with van der Waals surface area (Å²) in [7, 11) is 0. The number of hydrogen-bond acceptors (Lipinski definition) is 5. The van der Waals surface area contributed by atoms with Crippen molar-refractivity contribution in [3.05, 3.63) is 58.9 Å². The van der Waals surface area contributed by atoms with E-state index in [4.69, 9.17) is 4.98 Å². The molecular formula is C25H27F2N5O. The second kappa shape index (κ2) is 8.24. The number of hydrogen-bond donors (Lipinski definition) is 1. The van der Waals surface area contributed by atoms with E-state index < -0.39 is 6.61 Å². The van der Waals surface area contributed by atoms with E-state index in [0.717, 1.165) is 72.2 Å². The fraction of sp³-hybridized carbons (Fsp3) is 0.400. The monoisotopic (exact) mass is 451 g/mol. The van der Waals surface area contributed by atoms with Crippen LogP contribution in [0, 0.1) is 6.92 Å². The van der Waals surface area contributed by atoms with Crippen molar-refractivity contribution in [3.8, 4) is 17.0 Å². The second-order valence-corrected chi connectivity index (χ2v) is 9.23. The van der Waals surface area contributed by atoms with E-state index in [0.29, 0.717) is 0 Å². The van der Waals surface area contributed by atoms with Crippen LogP contribution < -0.4 is 9.64 Å². The molecule has 0 amide bonds.